The van der Waals surface area contributed by atoms with Gasteiger partial charge in [-0.1, -0.05) is 18.2 Å². The standard InChI is InChI=1S/C24H24N2O4/c1-25-11-10-17-18(13-25)22(28-3)24-23(29-14-30-24)21(17)20(27)9-8-15-12-26(2)19-7-5-4-6-16(15)19/h4-9,12H,10-11,13-14H2,1-3H3/p+1/b9-8+. The van der Waals surface area contributed by atoms with E-state index in [-0.39, 0.29) is 12.6 Å². The molecule has 3 aromatic rings. The zero-order valence-corrected chi connectivity index (χ0v) is 17.5. The number of nitrogens with zero attached hydrogens (tertiary/aromatic N) is 1. The number of ketones is 1. The van der Waals surface area contributed by atoms with Crippen LogP contribution >= 0.6 is 0 Å². The second kappa shape index (κ2) is 7.22. The van der Waals surface area contributed by atoms with Crippen molar-refractivity contribution in [1.82, 2.24) is 4.57 Å². The molecule has 154 valence electrons. The SMILES string of the molecule is COc1c2c(c(C(=O)/C=C/c3cn(C)c4ccccc34)c3c1OCO3)CC[NH+](C)C2. The number of aromatic nitrogens is 1. The molecule has 30 heavy (non-hydrogen) atoms. The number of ether oxygens (including phenoxy) is 3. The Morgan fingerprint density at radius 3 is 2.83 bits per heavy atom. The van der Waals surface area contributed by atoms with E-state index in [1.165, 1.54) is 4.90 Å². The molecule has 6 nitrogen and oxygen atoms in total. The molecule has 0 bridgehead atoms. The Labute approximate surface area is 175 Å². The largest absolute Gasteiger partial charge is 0.492 e. The number of rotatable bonds is 4. The summed E-state index contributed by atoms with van der Waals surface area (Å²) in [6.45, 7) is 1.86. The van der Waals surface area contributed by atoms with Crippen LogP contribution in [0.25, 0.3) is 17.0 Å². The zero-order chi connectivity index (χ0) is 20.8. The number of quaternary nitrogens is 1. The quantitative estimate of drug-likeness (QED) is 0.535. The molecule has 0 fully saturated rings. The molecule has 0 aliphatic carbocycles. The van der Waals surface area contributed by atoms with Crippen molar-refractivity contribution in [3.63, 3.8) is 0 Å². The molecule has 2 aromatic carbocycles. The topological polar surface area (TPSA) is 54.1 Å². The highest BCUT2D eigenvalue weighted by Gasteiger charge is 2.35. The van der Waals surface area contributed by atoms with Gasteiger partial charge in [-0.15, -0.1) is 0 Å². The van der Waals surface area contributed by atoms with Crippen LogP contribution in [0.1, 0.15) is 27.0 Å². The highest BCUT2D eigenvalue weighted by molar-refractivity contribution is 6.11. The lowest BCUT2D eigenvalue weighted by Gasteiger charge is -2.26. The molecular formula is C24H25N2O4+. The number of carbonyl (C=O) groups is 1. The van der Waals surface area contributed by atoms with E-state index in [1.54, 1.807) is 13.2 Å². The summed E-state index contributed by atoms with van der Waals surface area (Å²) in [7, 11) is 5.80. The smallest absolute Gasteiger partial charge is 0.231 e. The number of carbonyl (C=O) groups excluding carboxylic acids is 1. The monoisotopic (exact) mass is 405 g/mol. The van der Waals surface area contributed by atoms with Gasteiger partial charge in [0.05, 0.1) is 31.8 Å². The maximum absolute atomic E-state index is 13.4. The molecule has 1 unspecified atom stereocenters. The van der Waals surface area contributed by atoms with Gasteiger partial charge >= 0.3 is 0 Å². The molecular weight excluding hydrogens is 380 g/mol. The van der Waals surface area contributed by atoms with E-state index in [0.717, 1.165) is 47.1 Å². The summed E-state index contributed by atoms with van der Waals surface area (Å²) in [5.74, 6) is 1.69. The van der Waals surface area contributed by atoms with E-state index >= 15 is 0 Å². The van der Waals surface area contributed by atoms with E-state index in [0.29, 0.717) is 22.8 Å². The maximum atomic E-state index is 13.4. The molecule has 2 aliphatic heterocycles. The van der Waals surface area contributed by atoms with Gasteiger partial charge in [-0.05, 0) is 23.8 Å². The first-order valence-electron chi connectivity index (χ1n) is 10.2. The summed E-state index contributed by atoms with van der Waals surface area (Å²) in [5.41, 5.74) is 4.83. The van der Waals surface area contributed by atoms with Crippen molar-refractivity contribution >= 4 is 22.8 Å². The van der Waals surface area contributed by atoms with Crippen molar-refractivity contribution in [1.29, 1.82) is 0 Å². The number of fused-ring (bicyclic) bond motifs is 3. The van der Waals surface area contributed by atoms with E-state index in [4.69, 9.17) is 14.2 Å². The summed E-state index contributed by atoms with van der Waals surface area (Å²) in [6, 6.07) is 8.18. The summed E-state index contributed by atoms with van der Waals surface area (Å²) in [4.78, 5) is 14.8. The molecule has 3 heterocycles. The Hall–Kier alpha value is -3.25. The van der Waals surface area contributed by atoms with Crippen LogP contribution in [0.2, 0.25) is 0 Å². The van der Waals surface area contributed by atoms with Crippen LogP contribution in [-0.4, -0.2) is 37.8 Å². The molecule has 1 N–H and O–H groups in total. The third kappa shape index (κ3) is 2.87. The molecule has 1 atom stereocenters. The second-order valence-corrected chi connectivity index (χ2v) is 7.97. The number of hydrogen-bond acceptors (Lipinski definition) is 4. The summed E-state index contributed by atoms with van der Waals surface area (Å²) in [5, 5.41) is 1.12. The summed E-state index contributed by atoms with van der Waals surface area (Å²) >= 11 is 0. The number of likely N-dealkylation sites (N-methyl/N-ethyl adjacent to an activating group) is 1. The normalized spacial score (nSPS) is 17.5. The Kier molecular flexibility index (Phi) is 4.51. The predicted octanol–water partition coefficient (Wildman–Crippen LogP) is 2.38. The van der Waals surface area contributed by atoms with Crippen molar-refractivity contribution in [2.24, 2.45) is 7.05 Å². The number of para-hydroxylation sites is 1. The number of hydrogen-bond donors (Lipinski definition) is 1. The Morgan fingerprint density at radius 1 is 1.20 bits per heavy atom. The lowest BCUT2D eigenvalue weighted by atomic mass is 9.90. The van der Waals surface area contributed by atoms with Crippen molar-refractivity contribution in [2.75, 3.05) is 27.5 Å². The second-order valence-electron chi connectivity index (χ2n) is 7.97. The van der Waals surface area contributed by atoms with Gasteiger partial charge in [-0.25, -0.2) is 0 Å². The van der Waals surface area contributed by atoms with Gasteiger partial charge < -0.3 is 23.7 Å². The van der Waals surface area contributed by atoms with Crippen molar-refractivity contribution in [3.8, 4) is 17.2 Å². The molecule has 1 aromatic heterocycles. The van der Waals surface area contributed by atoms with Crippen molar-refractivity contribution in [2.45, 2.75) is 13.0 Å². The minimum absolute atomic E-state index is 0.0665. The average Bonchev–Trinajstić information content (AvgIpc) is 3.35. The van der Waals surface area contributed by atoms with Crippen LogP contribution in [-0.2, 0) is 20.0 Å². The first-order valence-corrected chi connectivity index (χ1v) is 10.2. The third-order valence-electron chi connectivity index (χ3n) is 6.06. The van der Waals surface area contributed by atoms with E-state index in [1.807, 2.05) is 31.5 Å². The van der Waals surface area contributed by atoms with E-state index in [2.05, 4.69) is 23.7 Å². The van der Waals surface area contributed by atoms with Crippen LogP contribution in [0.3, 0.4) is 0 Å². The zero-order valence-electron chi connectivity index (χ0n) is 17.5. The molecule has 0 saturated carbocycles. The van der Waals surface area contributed by atoms with Crippen molar-refractivity contribution in [3.05, 3.63) is 58.8 Å². The number of benzene rings is 2. The Bertz CT molecular complexity index is 1190. The molecule has 0 saturated heterocycles. The number of allylic oxidation sites excluding steroid dienone is 1. The minimum Gasteiger partial charge on any atom is -0.492 e. The fourth-order valence-electron chi connectivity index (χ4n) is 4.62. The number of aryl methyl sites for hydroxylation is 1. The molecule has 0 radical (unpaired) electrons. The predicted molar refractivity (Wildman–Crippen MR) is 115 cm³/mol. The molecule has 2 aliphatic rings. The van der Waals surface area contributed by atoms with Crippen LogP contribution in [0, 0.1) is 0 Å². The highest BCUT2D eigenvalue weighted by atomic mass is 16.7. The van der Waals surface area contributed by atoms with Gasteiger partial charge in [0.25, 0.3) is 0 Å². The Balaban J connectivity index is 1.60. The fraction of sp³-hybridized carbons (Fsp3) is 0.292. The van der Waals surface area contributed by atoms with Crippen LogP contribution < -0.4 is 19.1 Å². The van der Waals surface area contributed by atoms with Gasteiger partial charge in [-0.3, -0.25) is 4.79 Å². The average molecular weight is 405 g/mol. The van der Waals surface area contributed by atoms with Crippen molar-refractivity contribution < 1.29 is 23.9 Å². The fourth-order valence-corrected chi connectivity index (χ4v) is 4.62. The summed E-state index contributed by atoms with van der Waals surface area (Å²) < 4.78 is 19.2. The van der Waals surface area contributed by atoms with E-state index < -0.39 is 0 Å². The Morgan fingerprint density at radius 2 is 2.00 bits per heavy atom. The summed E-state index contributed by atoms with van der Waals surface area (Å²) in [6.07, 6.45) is 6.39. The molecule has 0 spiro atoms. The van der Waals surface area contributed by atoms with Gasteiger partial charge in [0.1, 0.15) is 6.54 Å². The molecule has 6 heteroatoms. The van der Waals surface area contributed by atoms with Gasteiger partial charge in [0.2, 0.25) is 12.5 Å². The first kappa shape index (κ1) is 18.8. The van der Waals surface area contributed by atoms with Gasteiger partial charge in [0.15, 0.2) is 17.3 Å². The highest BCUT2D eigenvalue weighted by Crippen LogP contribution is 2.48. The number of methoxy groups -OCH3 is 1. The van der Waals surface area contributed by atoms with Crippen LogP contribution in [0.4, 0.5) is 0 Å². The van der Waals surface area contributed by atoms with Crippen LogP contribution in [0.15, 0.2) is 36.5 Å². The molecule has 5 rings (SSSR count). The lowest BCUT2D eigenvalue weighted by Crippen LogP contribution is -3.08. The number of nitrogens with one attached hydrogen (secondary N) is 1. The maximum Gasteiger partial charge on any atom is 0.231 e. The lowest BCUT2D eigenvalue weighted by molar-refractivity contribution is -0.895. The van der Waals surface area contributed by atoms with Crippen LogP contribution in [0.5, 0.6) is 17.2 Å². The third-order valence-corrected chi connectivity index (χ3v) is 6.06. The minimum atomic E-state index is -0.0665. The molecule has 0 amide bonds. The first-order chi connectivity index (χ1) is 14.6. The van der Waals surface area contributed by atoms with Gasteiger partial charge in [0, 0.05) is 36.1 Å². The van der Waals surface area contributed by atoms with Gasteiger partial charge in [-0.2, -0.15) is 0 Å². The van der Waals surface area contributed by atoms with E-state index in [9.17, 15) is 4.79 Å².